The average Bonchev–Trinajstić information content (AvgIpc) is 3.27. The number of phosphoric ester groups is 1. The zero-order valence-corrected chi connectivity index (χ0v) is 40.0. The lowest BCUT2D eigenvalue weighted by Gasteiger charge is -2.41. The van der Waals surface area contributed by atoms with Gasteiger partial charge in [-0.15, -0.1) is 0 Å². The third kappa shape index (κ3) is 32.4. The van der Waals surface area contributed by atoms with E-state index in [4.69, 9.17) is 18.5 Å². The molecule has 0 aromatic rings. The van der Waals surface area contributed by atoms with E-state index < -0.39 is 63.1 Å². The molecule has 0 heterocycles. The largest absolute Gasteiger partial charge is 0.472 e. The van der Waals surface area contributed by atoms with Crippen molar-refractivity contribution in [2.75, 3.05) is 19.8 Å². The molecule has 1 saturated carbocycles. The molecule has 6 N–H and O–H groups in total. The van der Waals surface area contributed by atoms with Crippen LogP contribution in [0.1, 0.15) is 187 Å². The van der Waals surface area contributed by atoms with Crippen molar-refractivity contribution in [2.45, 2.75) is 230 Å². The fourth-order valence-electron chi connectivity index (χ4n) is 7.22. The van der Waals surface area contributed by atoms with Crippen LogP contribution >= 0.6 is 7.82 Å². The van der Waals surface area contributed by atoms with Gasteiger partial charge in [0.1, 0.15) is 42.7 Å². The highest BCUT2D eigenvalue weighted by atomic mass is 31.2. The number of carbonyl (C=O) groups is 1. The van der Waals surface area contributed by atoms with Crippen molar-refractivity contribution in [1.29, 1.82) is 0 Å². The van der Waals surface area contributed by atoms with Gasteiger partial charge in [0.25, 0.3) is 0 Å². The van der Waals surface area contributed by atoms with Crippen LogP contribution in [0.4, 0.5) is 0 Å². The van der Waals surface area contributed by atoms with Crippen molar-refractivity contribution in [1.82, 2.24) is 0 Å². The highest BCUT2D eigenvalue weighted by Gasteiger charge is 2.51. The molecule has 1 aliphatic rings. The molecule has 1 aliphatic carbocycles. The van der Waals surface area contributed by atoms with Crippen molar-refractivity contribution in [3.8, 4) is 0 Å². The second-order valence-corrected chi connectivity index (χ2v) is 18.3. The van der Waals surface area contributed by atoms with E-state index in [1.54, 1.807) is 0 Å². The molecule has 6 unspecified atom stereocenters. The van der Waals surface area contributed by atoms with Crippen LogP contribution in [0, 0.1) is 0 Å². The van der Waals surface area contributed by atoms with Crippen LogP contribution in [0.2, 0.25) is 0 Å². The topological polar surface area (TPSA) is 192 Å². The molecule has 0 aromatic heterocycles. The number of hydrogen-bond donors (Lipinski definition) is 6. The Morgan fingerprint density at radius 3 is 1.44 bits per heavy atom. The third-order valence-corrected chi connectivity index (χ3v) is 12.1. The minimum atomic E-state index is -5.03. The van der Waals surface area contributed by atoms with Gasteiger partial charge in [-0.2, -0.15) is 0 Å². The lowest BCUT2D eigenvalue weighted by molar-refractivity contribution is -0.220. The minimum Gasteiger partial charge on any atom is -0.457 e. The molecule has 1 rings (SSSR count). The van der Waals surface area contributed by atoms with Gasteiger partial charge in [0.15, 0.2) is 0 Å². The number of phosphoric acid groups is 1. The van der Waals surface area contributed by atoms with Crippen LogP contribution in [0.3, 0.4) is 0 Å². The quantitative estimate of drug-likeness (QED) is 0.0147. The summed E-state index contributed by atoms with van der Waals surface area (Å²) in [7, 11) is -5.03. The molecule has 0 aliphatic heterocycles. The van der Waals surface area contributed by atoms with Crippen molar-refractivity contribution < 1.29 is 58.3 Å². The van der Waals surface area contributed by atoms with Crippen LogP contribution in [0.25, 0.3) is 0 Å². The molecule has 366 valence electrons. The number of rotatable bonds is 41. The fourth-order valence-corrected chi connectivity index (χ4v) is 8.20. The maximum Gasteiger partial charge on any atom is 0.472 e. The molecule has 0 radical (unpaired) electrons. The van der Waals surface area contributed by atoms with E-state index in [1.165, 1.54) is 64.2 Å². The van der Waals surface area contributed by atoms with Crippen molar-refractivity contribution in [3.63, 3.8) is 0 Å². The highest BCUT2D eigenvalue weighted by molar-refractivity contribution is 7.47. The first-order chi connectivity index (χ1) is 30.5. The first-order valence-corrected chi connectivity index (χ1v) is 26.1. The van der Waals surface area contributed by atoms with Crippen LogP contribution in [0.5, 0.6) is 0 Å². The van der Waals surface area contributed by atoms with E-state index in [9.17, 15) is 39.8 Å². The van der Waals surface area contributed by atoms with Crippen molar-refractivity contribution in [3.05, 3.63) is 60.8 Å². The molecule has 6 atom stereocenters. The lowest BCUT2D eigenvalue weighted by atomic mass is 9.85. The maximum absolute atomic E-state index is 12.8. The Kier molecular flexibility index (Phi) is 37.8. The Balaban J connectivity index is 2.39. The molecule has 1 fully saturated rings. The van der Waals surface area contributed by atoms with Gasteiger partial charge in [-0.05, 0) is 77.0 Å². The number of allylic oxidation sites excluding steroid dienone is 10. The van der Waals surface area contributed by atoms with Crippen molar-refractivity contribution in [2.24, 2.45) is 0 Å². The second kappa shape index (κ2) is 40.3. The number of unbranched alkanes of at least 4 members (excludes halogenated alkanes) is 19. The van der Waals surface area contributed by atoms with E-state index in [2.05, 4.69) is 74.6 Å². The molecule has 0 saturated heterocycles. The summed E-state index contributed by atoms with van der Waals surface area (Å²) in [6.45, 7) is 4.10. The van der Waals surface area contributed by atoms with Crippen molar-refractivity contribution >= 4 is 13.8 Å². The fraction of sp³-hybridized carbons (Fsp3) is 0.780. The number of aliphatic hydroxyl groups excluding tert-OH is 5. The summed E-state index contributed by atoms with van der Waals surface area (Å²) in [5.74, 6) is -0.490. The molecule has 13 heteroatoms. The van der Waals surface area contributed by atoms with Gasteiger partial charge < -0.3 is 39.9 Å². The van der Waals surface area contributed by atoms with E-state index in [0.29, 0.717) is 13.0 Å². The first kappa shape index (κ1) is 59.1. The van der Waals surface area contributed by atoms with Gasteiger partial charge in [-0.3, -0.25) is 13.8 Å². The number of aliphatic hydroxyl groups is 5. The van der Waals surface area contributed by atoms with Crippen LogP contribution < -0.4 is 0 Å². The Morgan fingerprint density at radius 2 is 0.937 bits per heavy atom. The van der Waals surface area contributed by atoms with Gasteiger partial charge in [0.2, 0.25) is 0 Å². The number of carbonyl (C=O) groups excluding carboxylic acids is 1. The summed E-state index contributed by atoms with van der Waals surface area (Å²) in [5.41, 5.74) is 0. The Morgan fingerprint density at radius 1 is 0.524 bits per heavy atom. The standard InChI is InChI=1S/C50H89O12P/c1-3-5-7-9-11-13-15-17-19-21-23-25-27-29-31-33-35-37-39-44(51)61-43(42-60-63(57,58)62-50-48(55)46(53)45(52)47(54)49(50)56)41-59-40-38-36-34-32-30-28-26-24-22-20-18-16-14-12-10-8-6-4-2/h6,8,12,14,18-21,24,26,43,45-50,52-56H,3-5,7,9-11,13,15-17,22-23,25,27-42H2,1-2H3,(H,57,58)/b8-6-,14-12-,20-18-,21-19-,26-24-. The smallest absolute Gasteiger partial charge is 0.457 e. The predicted octanol–water partition coefficient (Wildman–Crippen LogP) is 10.6. The summed E-state index contributed by atoms with van der Waals surface area (Å²) in [6, 6.07) is 0. The maximum atomic E-state index is 12.8. The summed E-state index contributed by atoms with van der Waals surface area (Å²) in [5, 5.41) is 50.3. The van der Waals surface area contributed by atoms with Crippen LogP contribution in [-0.2, 0) is 27.9 Å². The van der Waals surface area contributed by atoms with E-state index in [-0.39, 0.29) is 13.0 Å². The molecule has 63 heavy (non-hydrogen) atoms. The van der Waals surface area contributed by atoms with E-state index >= 15 is 0 Å². The number of ether oxygens (including phenoxy) is 2. The molecule has 0 amide bonds. The minimum absolute atomic E-state index is 0.0931. The van der Waals surface area contributed by atoms with Crippen LogP contribution in [-0.4, -0.2) is 98.9 Å². The summed E-state index contributed by atoms with van der Waals surface area (Å²) in [4.78, 5) is 23.2. The highest BCUT2D eigenvalue weighted by Crippen LogP contribution is 2.47. The zero-order chi connectivity index (χ0) is 46.2. The number of esters is 1. The Bertz CT molecular complexity index is 1270. The van der Waals surface area contributed by atoms with E-state index in [0.717, 1.165) is 96.3 Å². The molecule has 0 aromatic carbocycles. The van der Waals surface area contributed by atoms with Crippen LogP contribution in [0.15, 0.2) is 60.8 Å². The van der Waals surface area contributed by atoms with Gasteiger partial charge in [-0.25, -0.2) is 4.57 Å². The van der Waals surface area contributed by atoms with Gasteiger partial charge in [0.05, 0.1) is 13.2 Å². The summed E-state index contributed by atoms with van der Waals surface area (Å²) < 4.78 is 34.2. The first-order valence-electron chi connectivity index (χ1n) is 24.6. The van der Waals surface area contributed by atoms with Gasteiger partial charge in [-0.1, -0.05) is 164 Å². The van der Waals surface area contributed by atoms with Gasteiger partial charge in [0, 0.05) is 13.0 Å². The molecular formula is C50H89O12P. The SMILES string of the molecule is CC/C=C\C/C=C\C/C=C\C/C=C\CCCCCCCOCC(COP(=O)(O)OC1C(O)C(O)C(O)C(O)C1O)OC(=O)CCCCCCCCC/C=C\CCCCCCCCC. The van der Waals surface area contributed by atoms with E-state index in [1.807, 2.05) is 0 Å². The summed E-state index contributed by atoms with van der Waals surface area (Å²) in [6.07, 6.45) is 38.5. The second-order valence-electron chi connectivity index (χ2n) is 16.9. The zero-order valence-electron chi connectivity index (χ0n) is 39.1. The lowest BCUT2D eigenvalue weighted by Crippen LogP contribution is -2.64. The predicted molar refractivity (Wildman–Crippen MR) is 253 cm³/mol. The monoisotopic (exact) mass is 913 g/mol. The molecule has 12 nitrogen and oxygen atoms in total. The summed E-state index contributed by atoms with van der Waals surface area (Å²) >= 11 is 0. The normalized spacial score (nSPS) is 22.3. The molecule has 0 spiro atoms. The average molecular weight is 913 g/mol. The Hall–Kier alpha value is -1.96. The third-order valence-electron chi connectivity index (χ3n) is 11.1. The molecule has 0 bridgehead atoms. The number of hydrogen-bond acceptors (Lipinski definition) is 11. The molecular weight excluding hydrogens is 824 g/mol. The Labute approximate surface area is 381 Å². The van der Waals surface area contributed by atoms with Gasteiger partial charge >= 0.3 is 13.8 Å².